The molecule has 0 aliphatic heterocycles. The molecule has 0 unspecified atom stereocenters. The van der Waals surface area contributed by atoms with Crippen LogP contribution >= 0.6 is 0 Å². The molecule has 0 saturated heterocycles. The molecule has 0 radical (unpaired) electrons. The Labute approximate surface area is 113 Å². The van der Waals surface area contributed by atoms with E-state index >= 15 is 0 Å². The maximum atomic E-state index is 4.37. The largest absolute Gasteiger partial charge is 0.353 e. The molecule has 19 heavy (non-hydrogen) atoms. The Morgan fingerprint density at radius 1 is 1.11 bits per heavy atom. The minimum absolute atomic E-state index is 0.552. The molecule has 0 bridgehead atoms. The van der Waals surface area contributed by atoms with Gasteiger partial charge in [0.1, 0.15) is 0 Å². The number of hydrogen-bond acceptors (Lipinski definition) is 5. The lowest BCUT2D eigenvalue weighted by Gasteiger charge is -2.08. The maximum absolute atomic E-state index is 4.37. The fraction of sp³-hybridized carbons (Fsp3) is 0.357. The highest BCUT2D eigenvalue weighted by atomic mass is 15.3. The van der Waals surface area contributed by atoms with Crippen LogP contribution in [-0.2, 0) is 0 Å². The van der Waals surface area contributed by atoms with E-state index in [2.05, 4.69) is 64.8 Å². The number of benzene rings is 1. The summed E-state index contributed by atoms with van der Waals surface area (Å²) in [7, 11) is 0. The van der Waals surface area contributed by atoms with E-state index in [0.717, 1.165) is 18.7 Å². The Balaban J connectivity index is 2.13. The number of rotatable bonds is 5. The molecule has 1 aromatic carbocycles. The van der Waals surface area contributed by atoms with Crippen molar-refractivity contribution in [3.63, 3.8) is 0 Å². The van der Waals surface area contributed by atoms with Gasteiger partial charge < -0.3 is 10.6 Å². The summed E-state index contributed by atoms with van der Waals surface area (Å²) in [5.74, 6) is 1.25. The van der Waals surface area contributed by atoms with Crippen LogP contribution in [0.4, 0.5) is 17.5 Å². The first kappa shape index (κ1) is 13.3. The average Bonchev–Trinajstić information content (AvgIpc) is 2.35. The van der Waals surface area contributed by atoms with Crippen LogP contribution in [0.15, 0.2) is 24.4 Å². The predicted molar refractivity (Wildman–Crippen MR) is 77.8 cm³/mol. The molecule has 0 atom stereocenters. The van der Waals surface area contributed by atoms with Crippen LogP contribution in [-0.4, -0.2) is 21.7 Å². The Bertz CT molecular complexity index is 533. The molecule has 5 heteroatoms. The van der Waals surface area contributed by atoms with Gasteiger partial charge in [-0.05, 0) is 43.5 Å². The zero-order valence-electron chi connectivity index (χ0n) is 11.6. The van der Waals surface area contributed by atoms with Gasteiger partial charge in [-0.2, -0.15) is 10.1 Å². The normalized spacial score (nSPS) is 10.3. The van der Waals surface area contributed by atoms with Gasteiger partial charge >= 0.3 is 0 Å². The van der Waals surface area contributed by atoms with Gasteiger partial charge in [0.25, 0.3) is 0 Å². The second kappa shape index (κ2) is 6.13. The fourth-order valence-corrected chi connectivity index (χ4v) is 1.87. The van der Waals surface area contributed by atoms with E-state index in [1.54, 1.807) is 6.20 Å². The molecule has 2 aromatic rings. The van der Waals surface area contributed by atoms with Crippen LogP contribution in [0.2, 0.25) is 0 Å². The lowest BCUT2D eigenvalue weighted by molar-refractivity contribution is 0.913. The summed E-state index contributed by atoms with van der Waals surface area (Å²) in [6.07, 6.45) is 2.65. The zero-order chi connectivity index (χ0) is 13.7. The van der Waals surface area contributed by atoms with Crippen LogP contribution in [0.1, 0.15) is 24.5 Å². The van der Waals surface area contributed by atoms with Gasteiger partial charge in [-0.15, -0.1) is 5.10 Å². The smallest absolute Gasteiger partial charge is 0.244 e. The van der Waals surface area contributed by atoms with E-state index in [-0.39, 0.29) is 0 Å². The first-order chi connectivity index (χ1) is 9.17. The fourth-order valence-electron chi connectivity index (χ4n) is 1.87. The highest BCUT2D eigenvalue weighted by molar-refractivity contribution is 5.58. The average molecular weight is 257 g/mol. The number of aryl methyl sites for hydroxylation is 2. The van der Waals surface area contributed by atoms with E-state index in [9.17, 15) is 0 Å². The molecule has 0 aliphatic carbocycles. The SMILES string of the molecule is CCCNc1nncc(Nc2cc(C)cc(C)c2)n1. The third-order valence-corrected chi connectivity index (χ3v) is 2.59. The molecule has 0 spiro atoms. The summed E-state index contributed by atoms with van der Waals surface area (Å²) in [6.45, 7) is 7.09. The number of hydrogen-bond donors (Lipinski definition) is 2. The topological polar surface area (TPSA) is 62.7 Å². The lowest BCUT2D eigenvalue weighted by Crippen LogP contribution is -2.06. The van der Waals surface area contributed by atoms with Crippen LogP contribution in [0.25, 0.3) is 0 Å². The Kier molecular flexibility index (Phi) is 4.28. The van der Waals surface area contributed by atoms with E-state index in [4.69, 9.17) is 0 Å². The molecule has 0 saturated carbocycles. The Hall–Kier alpha value is -2.17. The van der Waals surface area contributed by atoms with Crippen LogP contribution in [0.3, 0.4) is 0 Å². The summed E-state index contributed by atoms with van der Waals surface area (Å²) in [4.78, 5) is 4.37. The molecule has 0 amide bonds. The molecule has 2 N–H and O–H groups in total. The summed E-state index contributed by atoms with van der Waals surface area (Å²) in [6, 6.07) is 6.29. The van der Waals surface area contributed by atoms with Gasteiger partial charge in [-0.1, -0.05) is 13.0 Å². The van der Waals surface area contributed by atoms with E-state index < -0.39 is 0 Å². The van der Waals surface area contributed by atoms with Crippen molar-refractivity contribution >= 4 is 17.5 Å². The minimum atomic E-state index is 0.552. The summed E-state index contributed by atoms with van der Waals surface area (Å²) in [5, 5.41) is 14.2. The van der Waals surface area contributed by atoms with Crippen molar-refractivity contribution in [3.8, 4) is 0 Å². The first-order valence-electron chi connectivity index (χ1n) is 6.46. The minimum Gasteiger partial charge on any atom is -0.353 e. The monoisotopic (exact) mass is 257 g/mol. The van der Waals surface area contributed by atoms with E-state index in [1.165, 1.54) is 11.1 Å². The van der Waals surface area contributed by atoms with Gasteiger partial charge in [-0.25, -0.2) is 0 Å². The molecule has 100 valence electrons. The second-order valence-electron chi connectivity index (χ2n) is 4.59. The second-order valence-corrected chi connectivity index (χ2v) is 4.59. The van der Waals surface area contributed by atoms with Crippen molar-refractivity contribution in [1.82, 2.24) is 15.2 Å². The Morgan fingerprint density at radius 2 is 1.84 bits per heavy atom. The molecular weight excluding hydrogens is 238 g/mol. The van der Waals surface area contributed by atoms with Crippen molar-refractivity contribution in [2.45, 2.75) is 27.2 Å². The molecule has 2 rings (SSSR count). The molecule has 0 fully saturated rings. The third kappa shape index (κ3) is 3.91. The van der Waals surface area contributed by atoms with Crippen molar-refractivity contribution in [1.29, 1.82) is 0 Å². The lowest BCUT2D eigenvalue weighted by atomic mass is 10.1. The first-order valence-corrected chi connectivity index (χ1v) is 6.46. The van der Waals surface area contributed by atoms with Crippen LogP contribution < -0.4 is 10.6 Å². The third-order valence-electron chi connectivity index (χ3n) is 2.59. The van der Waals surface area contributed by atoms with Crippen molar-refractivity contribution < 1.29 is 0 Å². The molecule has 1 heterocycles. The molecule has 5 nitrogen and oxygen atoms in total. The number of nitrogens with one attached hydrogen (secondary N) is 2. The van der Waals surface area contributed by atoms with Gasteiger partial charge in [0.15, 0.2) is 5.82 Å². The zero-order valence-corrected chi connectivity index (χ0v) is 11.6. The number of anilines is 3. The summed E-state index contributed by atoms with van der Waals surface area (Å²) < 4.78 is 0. The summed E-state index contributed by atoms with van der Waals surface area (Å²) in [5.41, 5.74) is 3.45. The van der Waals surface area contributed by atoms with Crippen molar-refractivity contribution in [2.75, 3.05) is 17.2 Å². The van der Waals surface area contributed by atoms with Gasteiger partial charge in [0.2, 0.25) is 5.95 Å². The van der Waals surface area contributed by atoms with E-state index in [1.807, 2.05) is 0 Å². The molecular formula is C14H19N5. The van der Waals surface area contributed by atoms with Crippen molar-refractivity contribution in [2.24, 2.45) is 0 Å². The predicted octanol–water partition coefficient (Wildman–Crippen LogP) is 3.05. The molecule has 1 aromatic heterocycles. The highest BCUT2D eigenvalue weighted by Crippen LogP contribution is 2.18. The van der Waals surface area contributed by atoms with Gasteiger partial charge in [-0.3, -0.25) is 0 Å². The van der Waals surface area contributed by atoms with Gasteiger partial charge in [0, 0.05) is 12.2 Å². The van der Waals surface area contributed by atoms with Gasteiger partial charge in [0.05, 0.1) is 6.20 Å². The standard InChI is InChI=1S/C14H19N5/c1-4-5-15-14-18-13(9-16-19-14)17-12-7-10(2)6-11(3)8-12/h6-9H,4-5H2,1-3H3,(H2,15,17,18,19). The van der Waals surface area contributed by atoms with Crippen LogP contribution in [0, 0.1) is 13.8 Å². The van der Waals surface area contributed by atoms with E-state index in [0.29, 0.717) is 11.8 Å². The summed E-state index contributed by atoms with van der Waals surface area (Å²) >= 11 is 0. The Morgan fingerprint density at radius 3 is 2.53 bits per heavy atom. The van der Waals surface area contributed by atoms with Crippen LogP contribution in [0.5, 0.6) is 0 Å². The molecule has 0 aliphatic rings. The number of aromatic nitrogens is 3. The quantitative estimate of drug-likeness (QED) is 0.862. The number of nitrogens with zero attached hydrogens (tertiary/aromatic N) is 3. The van der Waals surface area contributed by atoms with Crippen molar-refractivity contribution in [3.05, 3.63) is 35.5 Å². The maximum Gasteiger partial charge on any atom is 0.244 e. The highest BCUT2D eigenvalue weighted by Gasteiger charge is 2.01.